The summed E-state index contributed by atoms with van der Waals surface area (Å²) in [4.78, 5) is 16.1. The third-order valence-corrected chi connectivity index (χ3v) is 4.39. The second kappa shape index (κ2) is 7.23. The first-order chi connectivity index (χ1) is 12.7. The molecule has 1 aromatic carbocycles. The molecule has 7 nitrogen and oxygen atoms in total. The van der Waals surface area contributed by atoms with Crippen molar-refractivity contribution in [3.8, 4) is 17.1 Å². The van der Waals surface area contributed by atoms with Crippen LogP contribution in [-0.4, -0.2) is 58.1 Å². The van der Waals surface area contributed by atoms with Gasteiger partial charge in [-0.1, -0.05) is 12.1 Å². The first kappa shape index (κ1) is 16.7. The van der Waals surface area contributed by atoms with Crippen LogP contribution in [0, 0.1) is 0 Å². The van der Waals surface area contributed by atoms with Crippen molar-refractivity contribution in [1.29, 1.82) is 0 Å². The fraction of sp³-hybridized carbons (Fsp3) is 0.316. The van der Waals surface area contributed by atoms with E-state index in [0.717, 1.165) is 41.1 Å². The number of phenols is 1. The number of hydrogen-bond donors (Lipinski definition) is 2. The average Bonchev–Trinajstić information content (AvgIpc) is 2.68. The Morgan fingerprint density at radius 1 is 1.12 bits per heavy atom. The number of morpholine rings is 1. The molecule has 0 spiro atoms. The van der Waals surface area contributed by atoms with E-state index >= 15 is 0 Å². The van der Waals surface area contributed by atoms with Crippen molar-refractivity contribution in [1.82, 2.24) is 15.0 Å². The highest BCUT2D eigenvalue weighted by Crippen LogP contribution is 2.28. The monoisotopic (exact) mass is 352 g/mol. The van der Waals surface area contributed by atoms with Crippen molar-refractivity contribution in [2.75, 3.05) is 37.8 Å². The molecule has 7 heteroatoms. The zero-order valence-electron chi connectivity index (χ0n) is 14.3. The fourth-order valence-corrected chi connectivity index (χ4v) is 3.08. The van der Waals surface area contributed by atoms with Crippen LogP contribution in [0.25, 0.3) is 22.4 Å². The maximum absolute atomic E-state index is 9.80. The summed E-state index contributed by atoms with van der Waals surface area (Å²) in [5.41, 5.74) is 3.13. The Kier molecular flexibility index (Phi) is 4.64. The van der Waals surface area contributed by atoms with Crippen LogP contribution in [0.1, 0.15) is 5.56 Å². The molecule has 0 radical (unpaired) electrons. The molecule has 1 saturated heterocycles. The molecule has 134 valence electrons. The number of aliphatic hydroxyl groups excluding tert-OH is 1. The van der Waals surface area contributed by atoms with Gasteiger partial charge < -0.3 is 19.8 Å². The van der Waals surface area contributed by atoms with Gasteiger partial charge in [0.2, 0.25) is 0 Å². The van der Waals surface area contributed by atoms with Crippen LogP contribution in [0.2, 0.25) is 0 Å². The van der Waals surface area contributed by atoms with E-state index in [1.807, 2.05) is 12.1 Å². The highest BCUT2D eigenvalue weighted by atomic mass is 16.5. The SMILES string of the molecule is OCCc1cnc2c(N3CCOCC3)nc(-c3cccc(O)c3)nc2c1. The van der Waals surface area contributed by atoms with Gasteiger partial charge in [0.05, 0.1) is 18.7 Å². The van der Waals surface area contributed by atoms with Crippen molar-refractivity contribution in [3.63, 3.8) is 0 Å². The summed E-state index contributed by atoms with van der Waals surface area (Å²) >= 11 is 0. The first-order valence-corrected chi connectivity index (χ1v) is 8.64. The van der Waals surface area contributed by atoms with Gasteiger partial charge in [-0.3, -0.25) is 4.98 Å². The van der Waals surface area contributed by atoms with Crippen LogP contribution in [0.15, 0.2) is 36.5 Å². The maximum atomic E-state index is 9.80. The average molecular weight is 352 g/mol. The predicted molar refractivity (Wildman–Crippen MR) is 98.3 cm³/mol. The van der Waals surface area contributed by atoms with Crippen LogP contribution in [0.3, 0.4) is 0 Å². The van der Waals surface area contributed by atoms with Gasteiger partial charge in [0.1, 0.15) is 11.3 Å². The summed E-state index contributed by atoms with van der Waals surface area (Å²) in [6, 6.07) is 8.85. The molecule has 1 aliphatic rings. The van der Waals surface area contributed by atoms with Crippen molar-refractivity contribution >= 4 is 16.9 Å². The van der Waals surface area contributed by atoms with Crippen molar-refractivity contribution < 1.29 is 14.9 Å². The van der Waals surface area contributed by atoms with E-state index in [-0.39, 0.29) is 12.4 Å². The van der Waals surface area contributed by atoms with E-state index in [4.69, 9.17) is 9.72 Å². The van der Waals surface area contributed by atoms with Crippen LogP contribution in [0.4, 0.5) is 5.82 Å². The number of aromatic nitrogens is 3. The van der Waals surface area contributed by atoms with Crippen molar-refractivity contribution in [3.05, 3.63) is 42.1 Å². The Hall–Kier alpha value is -2.77. The molecular weight excluding hydrogens is 332 g/mol. The van der Waals surface area contributed by atoms with Gasteiger partial charge in [0.15, 0.2) is 11.6 Å². The number of benzene rings is 1. The maximum Gasteiger partial charge on any atom is 0.162 e. The molecule has 2 N–H and O–H groups in total. The number of hydrogen-bond acceptors (Lipinski definition) is 7. The second-order valence-corrected chi connectivity index (χ2v) is 6.21. The van der Waals surface area contributed by atoms with Gasteiger partial charge in [-0.2, -0.15) is 0 Å². The summed E-state index contributed by atoms with van der Waals surface area (Å²) in [6.45, 7) is 2.84. The Bertz CT molecular complexity index is 926. The van der Waals surface area contributed by atoms with Crippen molar-refractivity contribution in [2.45, 2.75) is 6.42 Å². The van der Waals surface area contributed by atoms with Gasteiger partial charge >= 0.3 is 0 Å². The largest absolute Gasteiger partial charge is 0.508 e. The lowest BCUT2D eigenvalue weighted by molar-refractivity contribution is 0.122. The summed E-state index contributed by atoms with van der Waals surface area (Å²) in [5, 5.41) is 19.0. The zero-order chi connectivity index (χ0) is 17.9. The number of phenolic OH excluding ortho intramolecular Hbond substituents is 1. The summed E-state index contributed by atoms with van der Waals surface area (Å²) in [6.07, 6.45) is 2.29. The van der Waals surface area contributed by atoms with Crippen LogP contribution in [-0.2, 0) is 11.2 Å². The summed E-state index contributed by atoms with van der Waals surface area (Å²) in [7, 11) is 0. The minimum absolute atomic E-state index is 0.0635. The quantitative estimate of drug-likeness (QED) is 0.739. The van der Waals surface area contributed by atoms with Gasteiger partial charge in [-0.15, -0.1) is 0 Å². The minimum atomic E-state index is 0.0635. The molecule has 3 heterocycles. The van der Waals surface area contributed by atoms with E-state index < -0.39 is 0 Å². The van der Waals surface area contributed by atoms with Gasteiger partial charge in [-0.05, 0) is 30.2 Å². The molecule has 4 rings (SSSR count). The zero-order valence-corrected chi connectivity index (χ0v) is 14.3. The van der Waals surface area contributed by atoms with E-state index in [0.29, 0.717) is 25.5 Å². The lowest BCUT2D eigenvalue weighted by Crippen LogP contribution is -2.37. The van der Waals surface area contributed by atoms with Gasteiger partial charge in [0, 0.05) is 31.5 Å². The molecular formula is C19H20N4O3. The number of aromatic hydroxyl groups is 1. The molecule has 0 amide bonds. The third kappa shape index (κ3) is 3.31. The molecule has 1 aliphatic heterocycles. The Labute approximate surface area is 150 Å². The predicted octanol–water partition coefficient (Wildman–Crippen LogP) is 1.77. The number of nitrogens with zero attached hydrogens (tertiary/aromatic N) is 4. The Balaban J connectivity index is 1.88. The topological polar surface area (TPSA) is 91.6 Å². The molecule has 1 fully saturated rings. The van der Waals surface area contributed by atoms with Crippen LogP contribution < -0.4 is 4.90 Å². The second-order valence-electron chi connectivity index (χ2n) is 6.21. The molecule has 0 bridgehead atoms. The van der Waals surface area contributed by atoms with E-state index in [9.17, 15) is 10.2 Å². The minimum Gasteiger partial charge on any atom is -0.508 e. The van der Waals surface area contributed by atoms with Gasteiger partial charge in [-0.25, -0.2) is 9.97 Å². The fourth-order valence-electron chi connectivity index (χ4n) is 3.08. The summed E-state index contributed by atoms with van der Waals surface area (Å²) in [5.74, 6) is 1.48. The number of anilines is 1. The van der Waals surface area contributed by atoms with E-state index in [1.165, 1.54) is 0 Å². The number of rotatable bonds is 4. The highest BCUT2D eigenvalue weighted by molar-refractivity contribution is 5.88. The lowest BCUT2D eigenvalue weighted by Gasteiger charge is -2.28. The summed E-state index contributed by atoms with van der Waals surface area (Å²) < 4.78 is 5.45. The van der Waals surface area contributed by atoms with Crippen LogP contribution >= 0.6 is 0 Å². The lowest BCUT2D eigenvalue weighted by atomic mass is 10.1. The molecule has 3 aromatic rings. The Morgan fingerprint density at radius 2 is 1.96 bits per heavy atom. The van der Waals surface area contributed by atoms with Gasteiger partial charge in [0.25, 0.3) is 0 Å². The molecule has 0 atom stereocenters. The number of ether oxygens (including phenoxy) is 1. The standard InChI is InChI=1S/C19H20N4O3/c24-7-4-13-10-16-17(20-12-13)19(23-5-8-26-9-6-23)22-18(21-16)14-2-1-3-15(25)11-14/h1-3,10-12,24-25H,4-9H2. The molecule has 0 aliphatic carbocycles. The normalized spacial score (nSPS) is 14.7. The van der Waals surface area contributed by atoms with E-state index in [2.05, 4.69) is 14.9 Å². The highest BCUT2D eigenvalue weighted by Gasteiger charge is 2.19. The molecule has 26 heavy (non-hydrogen) atoms. The van der Waals surface area contributed by atoms with Crippen LogP contribution in [0.5, 0.6) is 5.75 Å². The van der Waals surface area contributed by atoms with Crippen molar-refractivity contribution in [2.24, 2.45) is 0 Å². The molecule has 2 aromatic heterocycles. The van der Waals surface area contributed by atoms with E-state index in [1.54, 1.807) is 24.4 Å². The number of aliphatic hydroxyl groups is 1. The third-order valence-electron chi connectivity index (χ3n) is 4.39. The smallest absolute Gasteiger partial charge is 0.162 e. The molecule has 0 saturated carbocycles. The number of pyridine rings is 1. The first-order valence-electron chi connectivity index (χ1n) is 8.64. The number of fused-ring (bicyclic) bond motifs is 1. The molecule has 0 unspecified atom stereocenters. The Morgan fingerprint density at radius 3 is 2.73 bits per heavy atom.